The van der Waals surface area contributed by atoms with Gasteiger partial charge in [0.05, 0.1) is 16.4 Å². The smallest absolute Gasteiger partial charge is 0.320 e. The Bertz CT molecular complexity index is 2030. The van der Waals surface area contributed by atoms with Crippen molar-refractivity contribution >= 4 is 40.9 Å². The van der Waals surface area contributed by atoms with Crippen LogP contribution in [0.3, 0.4) is 0 Å². The molecule has 6 rings (SSSR count). The number of carbonyl (C=O) groups excluding carboxylic acids is 1. The molecule has 2 amide bonds. The van der Waals surface area contributed by atoms with Crippen LogP contribution in [0.4, 0.5) is 10.6 Å². The summed E-state index contributed by atoms with van der Waals surface area (Å²) in [4.78, 5) is 15.1. The van der Waals surface area contributed by atoms with Crippen molar-refractivity contribution in [1.82, 2.24) is 29.7 Å². The van der Waals surface area contributed by atoms with E-state index < -0.39 is 0 Å². The van der Waals surface area contributed by atoms with Gasteiger partial charge in [-0.2, -0.15) is 5.10 Å². The number of fused-ring (bicyclic) bond motifs is 1. The number of phenols is 1. The fourth-order valence-corrected chi connectivity index (χ4v) is 6.03. The van der Waals surface area contributed by atoms with Crippen LogP contribution in [0.15, 0.2) is 101 Å². The standard InChI is InChI=1S/C34H32ClN7O2S/c1-21-8-7-10-23(16-21)42-31(18-29(40-42)34(2,3)4)37-33(44)36-19-22-9-5-6-11-28(22)45-25-13-15-30-38-39-32(41(30)20-25)26-14-12-24(43)17-27(26)35/h5-18,20,43H,19H2,1-4H3,(H2,36,37,44). The van der Waals surface area contributed by atoms with E-state index in [9.17, 15) is 9.90 Å². The van der Waals surface area contributed by atoms with E-state index in [1.807, 2.05) is 84.3 Å². The average Bonchev–Trinajstić information content (AvgIpc) is 3.61. The lowest BCUT2D eigenvalue weighted by atomic mass is 9.92. The number of rotatable bonds is 7. The molecule has 11 heteroatoms. The summed E-state index contributed by atoms with van der Waals surface area (Å²) in [5.41, 5.74) is 4.97. The Labute approximate surface area is 270 Å². The van der Waals surface area contributed by atoms with E-state index in [1.54, 1.807) is 28.6 Å². The van der Waals surface area contributed by atoms with Crippen LogP contribution >= 0.6 is 23.4 Å². The SMILES string of the molecule is Cc1cccc(-n2nc(C(C)(C)C)cc2NC(=O)NCc2ccccc2Sc2ccc3nnc(-c4ccc(O)cc4Cl)n3c2)c1. The molecule has 0 aliphatic heterocycles. The number of hydrogen-bond acceptors (Lipinski definition) is 6. The Kier molecular flexibility index (Phi) is 8.26. The molecule has 9 nitrogen and oxygen atoms in total. The third-order valence-corrected chi connectivity index (χ3v) is 8.58. The molecule has 0 aliphatic carbocycles. The molecule has 6 aromatic rings. The van der Waals surface area contributed by atoms with Crippen molar-refractivity contribution in [2.45, 2.75) is 49.4 Å². The summed E-state index contributed by atoms with van der Waals surface area (Å²) in [7, 11) is 0. The van der Waals surface area contributed by atoms with E-state index >= 15 is 0 Å². The molecule has 3 aromatic carbocycles. The van der Waals surface area contributed by atoms with Gasteiger partial charge in [0.2, 0.25) is 0 Å². The minimum absolute atomic E-state index is 0.0827. The molecule has 0 aliphatic rings. The first-order valence-electron chi connectivity index (χ1n) is 14.4. The fraction of sp³-hybridized carbons (Fsp3) is 0.176. The Hall–Kier alpha value is -4.80. The molecule has 45 heavy (non-hydrogen) atoms. The first-order chi connectivity index (χ1) is 21.5. The van der Waals surface area contributed by atoms with Crippen LogP contribution in [0.25, 0.3) is 22.7 Å². The number of aromatic hydroxyl groups is 1. The van der Waals surface area contributed by atoms with Crippen molar-refractivity contribution in [2.24, 2.45) is 0 Å². The Morgan fingerprint density at radius 1 is 0.978 bits per heavy atom. The summed E-state index contributed by atoms with van der Waals surface area (Å²) < 4.78 is 3.65. The zero-order chi connectivity index (χ0) is 31.7. The number of nitrogens with one attached hydrogen (secondary N) is 2. The summed E-state index contributed by atoms with van der Waals surface area (Å²) in [6.07, 6.45) is 1.95. The topological polar surface area (TPSA) is 109 Å². The van der Waals surface area contributed by atoms with Crippen molar-refractivity contribution in [3.63, 3.8) is 0 Å². The molecule has 3 heterocycles. The van der Waals surface area contributed by atoms with E-state index in [-0.39, 0.29) is 17.2 Å². The van der Waals surface area contributed by atoms with E-state index in [0.29, 0.717) is 34.4 Å². The predicted octanol–water partition coefficient (Wildman–Crippen LogP) is 8.02. The van der Waals surface area contributed by atoms with Crippen LogP contribution in [-0.4, -0.2) is 35.5 Å². The van der Waals surface area contributed by atoms with Crippen molar-refractivity contribution in [3.8, 4) is 22.8 Å². The second-order valence-electron chi connectivity index (χ2n) is 11.7. The number of pyridine rings is 1. The number of aromatic nitrogens is 5. The van der Waals surface area contributed by atoms with Gasteiger partial charge in [-0.15, -0.1) is 10.2 Å². The number of hydrogen-bond donors (Lipinski definition) is 3. The van der Waals surface area contributed by atoms with E-state index in [4.69, 9.17) is 16.7 Å². The summed E-state index contributed by atoms with van der Waals surface area (Å²) >= 11 is 7.97. The third-order valence-electron chi connectivity index (χ3n) is 7.17. The van der Waals surface area contributed by atoms with E-state index in [2.05, 4.69) is 41.6 Å². The summed E-state index contributed by atoms with van der Waals surface area (Å²) in [6, 6.07) is 26.2. The number of carbonyl (C=O) groups is 1. The van der Waals surface area contributed by atoms with Gasteiger partial charge < -0.3 is 10.4 Å². The molecule has 3 aromatic heterocycles. The monoisotopic (exact) mass is 637 g/mol. The molecule has 0 unspecified atom stereocenters. The van der Waals surface area contributed by atoms with Crippen LogP contribution in [0.5, 0.6) is 5.75 Å². The molecular formula is C34H32ClN7O2S. The van der Waals surface area contributed by atoms with Crippen LogP contribution in [0.2, 0.25) is 5.02 Å². The van der Waals surface area contributed by atoms with E-state index in [0.717, 1.165) is 32.3 Å². The van der Waals surface area contributed by atoms with Crippen molar-refractivity contribution < 1.29 is 9.90 Å². The lowest BCUT2D eigenvalue weighted by molar-refractivity contribution is 0.251. The molecule has 0 radical (unpaired) electrons. The lowest BCUT2D eigenvalue weighted by Gasteiger charge is -2.14. The first kappa shape index (κ1) is 30.2. The predicted molar refractivity (Wildman–Crippen MR) is 179 cm³/mol. The molecule has 228 valence electrons. The summed E-state index contributed by atoms with van der Waals surface area (Å²) in [6.45, 7) is 8.64. The number of nitrogens with zero attached hydrogens (tertiary/aromatic N) is 5. The second kappa shape index (κ2) is 12.3. The third kappa shape index (κ3) is 6.67. The van der Waals surface area contributed by atoms with Gasteiger partial charge in [-0.25, -0.2) is 9.48 Å². The van der Waals surface area contributed by atoms with Gasteiger partial charge in [0.15, 0.2) is 11.5 Å². The number of phenolic OH excluding ortho intramolecular Hbond substituents is 1. The molecular weight excluding hydrogens is 606 g/mol. The van der Waals surface area contributed by atoms with Crippen LogP contribution in [-0.2, 0) is 12.0 Å². The second-order valence-corrected chi connectivity index (χ2v) is 13.2. The maximum atomic E-state index is 13.2. The van der Waals surface area contributed by atoms with Crippen LogP contribution in [0, 0.1) is 6.92 Å². The number of amides is 2. The Morgan fingerprint density at radius 2 is 1.80 bits per heavy atom. The minimum Gasteiger partial charge on any atom is -0.508 e. The highest BCUT2D eigenvalue weighted by atomic mass is 35.5. The van der Waals surface area contributed by atoms with Gasteiger partial charge in [0, 0.05) is 39.6 Å². The van der Waals surface area contributed by atoms with Crippen LogP contribution in [0.1, 0.15) is 37.6 Å². The Balaban J connectivity index is 1.20. The summed E-state index contributed by atoms with van der Waals surface area (Å²) in [5, 5.41) is 29.6. The van der Waals surface area contributed by atoms with Crippen molar-refractivity contribution in [3.05, 3.63) is 113 Å². The maximum absolute atomic E-state index is 13.2. The number of urea groups is 1. The molecule has 0 spiro atoms. The highest BCUT2D eigenvalue weighted by molar-refractivity contribution is 7.99. The van der Waals surface area contributed by atoms with Gasteiger partial charge in [-0.3, -0.25) is 9.72 Å². The van der Waals surface area contributed by atoms with Crippen molar-refractivity contribution in [2.75, 3.05) is 5.32 Å². The minimum atomic E-state index is -0.328. The number of anilines is 1. The molecule has 0 fully saturated rings. The van der Waals surface area contributed by atoms with Crippen LogP contribution < -0.4 is 10.6 Å². The molecule has 3 N–H and O–H groups in total. The first-order valence-corrected chi connectivity index (χ1v) is 15.6. The lowest BCUT2D eigenvalue weighted by Crippen LogP contribution is -2.29. The zero-order valence-corrected chi connectivity index (χ0v) is 26.8. The van der Waals surface area contributed by atoms with E-state index in [1.165, 1.54) is 6.07 Å². The molecule has 0 bridgehead atoms. The fourth-order valence-electron chi connectivity index (χ4n) is 4.81. The highest BCUT2D eigenvalue weighted by Crippen LogP contribution is 2.34. The number of aryl methyl sites for hydroxylation is 1. The van der Waals surface area contributed by atoms with Crippen molar-refractivity contribution in [1.29, 1.82) is 0 Å². The van der Waals surface area contributed by atoms with Gasteiger partial charge >= 0.3 is 6.03 Å². The largest absolute Gasteiger partial charge is 0.508 e. The maximum Gasteiger partial charge on any atom is 0.320 e. The molecule has 0 saturated carbocycles. The number of halogens is 1. The number of benzene rings is 3. The average molecular weight is 638 g/mol. The normalized spacial score (nSPS) is 11.6. The molecule has 0 saturated heterocycles. The Morgan fingerprint density at radius 3 is 2.58 bits per heavy atom. The van der Waals surface area contributed by atoms with Gasteiger partial charge in [0.1, 0.15) is 11.6 Å². The molecule has 0 atom stereocenters. The summed E-state index contributed by atoms with van der Waals surface area (Å²) in [5.74, 6) is 1.25. The quantitative estimate of drug-likeness (QED) is 0.164. The van der Waals surface area contributed by atoms with Gasteiger partial charge in [0.25, 0.3) is 0 Å². The highest BCUT2D eigenvalue weighted by Gasteiger charge is 2.22. The zero-order valence-electron chi connectivity index (χ0n) is 25.2. The van der Waals surface area contributed by atoms with Gasteiger partial charge in [-0.05, 0) is 66.6 Å². The van der Waals surface area contributed by atoms with Gasteiger partial charge in [-0.1, -0.05) is 74.5 Å².